The number of aryl methyl sites for hydroxylation is 1. The van der Waals surface area contributed by atoms with Gasteiger partial charge in [-0.15, -0.1) is 0 Å². The van der Waals surface area contributed by atoms with E-state index in [1.807, 2.05) is 0 Å². The summed E-state index contributed by atoms with van der Waals surface area (Å²) < 4.78 is 113. The molecule has 0 atom stereocenters. The summed E-state index contributed by atoms with van der Waals surface area (Å²) in [6.45, 7) is 0.988. The summed E-state index contributed by atoms with van der Waals surface area (Å²) in [6, 6.07) is 0. The molecule has 0 radical (unpaired) electrons. The maximum atomic E-state index is 13.3. The topological polar surface area (TPSA) is 54.7 Å². The van der Waals surface area contributed by atoms with Crippen molar-refractivity contribution < 1.29 is 39.5 Å². The first-order chi connectivity index (χ1) is 8.68. The Labute approximate surface area is 104 Å². The minimum Gasteiger partial charge on any atom is -0.396 e. The van der Waals surface area contributed by atoms with Crippen LogP contribution in [0.3, 0.4) is 0 Å². The van der Waals surface area contributed by atoms with Crippen molar-refractivity contribution in [1.82, 2.24) is 10.2 Å². The molecular formula is C8H6F9N3. The molecule has 0 aliphatic heterocycles. The molecule has 1 aromatic heterocycles. The first kappa shape index (κ1) is 16.4. The van der Waals surface area contributed by atoms with Crippen LogP contribution >= 0.6 is 0 Å². The van der Waals surface area contributed by atoms with Crippen molar-refractivity contribution in [3.05, 3.63) is 11.4 Å². The molecule has 0 unspecified atom stereocenters. The first-order valence-electron chi connectivity index (χ1n) is 4.69. The van der Waals surface area contributed by atoms with Gasteiger partial charge in [0.15, 0.2) is 5.69 Å². The maximum absolute atomic E-state index is 13.3. The van der Waals surface area contributed by atoms with E-state index in [9.17, 15) is 39.5 Å². The highest BCUT2D eigenvalue weighted by Crippen LogP contribution is 2.57. The number of aromatic nitrogens is 2. The highest BCUT2D eigenvalue weighted by atomic mass is 19.4. The van der Waals surface area contributed by atoms with Crippen LogP contribution in [0.25, 0.3) is 0 Å². The molecule has 12 heteroatoms. The van der Waals surface area contributed by atoms with Crippen LogP contribution in [-0.2, 0) is 5.92 Å². The number of alkyl halides is 9. The second-order valence-corrected chi connectivity index (χ2v) is 3.83. The highest BCUT2D eigenvalue weighted by molar-refractivity contribution is 5.49. The van der Waals surface area contributed by atoms with E-state index < -0.39 is 35.3 Å². The number of hydrogen-bond donors (Lipinski definition) is 2. The minimum absolute atomic E-state index is 0.384. The Morgan fingerprint density at radius 2 is 1.35 bits per heavy atom. The van der Waals surface area contributed by atoms with E-state index in [4.69, 9.17) is 5.73 Å². The number of H-pyrrole nitrogens is 1. The minimum atomic E-state index is -6.97. The third kappa shape index (κ3) is 1.97. The van der Waals surface area contributed by atoms with E-state index in [1.54, 1.807) is 5.10 Å². The predicted molar refractivity (Wildman–Crippen MR) is 47.6 cm³/mol. The molecule has 3 N–H and O–H groups in total. The second-order valence-electron chi connectivity index (χ2n) is 3.83. The van der Waals surface area contributed by atoms with Crippen molar-refractivity contribution >= 4 is 5.69 Å². The predicted octanol–water partition coefficient (Wildman–Crippen LogP) is 3.23. The molecule has 0 aliphatic rings. The zero-order valence-corrected chi connectivity index (χ0v) is 9.43. The third-order valence-electron chi connectivity index (χ3n) is 2.44. The molecule has 20 heavy (non-hydrogen) atoms. The van der Waals surface area contributed by atoms with Gasteiger partial charge in [-0.25, -0.2) is 0 Å². The van der Waals surface area contributed by atoms with Crippen LogP contribution in [0.2, 0.25) is 0 Å². The Morgan fingerprint density at radius 3 is 1.65 bits per heavy atom. The van der Waals surface area contributed by atoms with Gasteiger partial charge in [-0.05, 0) is 6.92 Å². The van der Waals surface area contributed by atoms with E-state index in [1.165, 1.54) is 0 Å². The van der Waals surface area contributed by atoms with Gasteiger partial charge in [0, 0.05) is 0 Å². The normalized spacial score (nSPS) is 14.7. The quantitative estimate of drug-likeness (QED) is 0.842. The number of anilines is 1. The molecule has 3 nitrogen and oxygen atoms in total. The lowest BCUT2D eigenvalue weighted by Gasteiger charge is -2.32. The standard InChI is InChI=1S/C8H6F9N3/c1-2-3(18)4(20-19-2)5(9,10)6(11,12)7(13,14)8(15,16)17/h18H2,1H3,(H,19,20). The molecule has 0 aliphatic carbocycles. The summed E-state index contributed by atoms with van der Waals surface area (Å²) in [5, 5.41) is 4.26. The van der Waals surface area contributed by atoms with Gasteiger partial charge in [0.2, 0.25) is 0 Å². The third-order valence-corrected chi connectivity index (χ3v) is 2.44. The maximum Gasteiger partial charge on any atom is 0.460 e. The van der Waals surface area contributed by atoms with Crippen molar-refractivity contribution in [3.8, 4) is 0 Å². The van der Waals surface area contributed by atoms with Crippen molar-refractivity contribution in [2.24, 2.45) is 0 Å². The van der Waals surface area contributed by atoms with Crippen LogP contribution < -0.4 is 5.73 Å². The molecule has 0 aromatic carbocycles. The fourth-order valence-corrected chi connectivity index (χ4v) is 1.20. The van der Waals surface area contributed by atoms with Gasteiger partial charge in [0.1, 0.15) is 0 Å². The summed E-state index contributed by atoms with van der Waals surface area (Å²) in [5.74, 6) is -19.7. The lowest BCUT2D eigenvalue weighted by molar-refractivity contribution is -0.400. The Kier molecular flexibility index (Phi) is 3.44. The number of nitrogens with two attached hydrogens (primary N) is 1. The number of nitrogen functional groups attached to an aromatic ring is 1. The van der Waals surface area contributed by atoms with Crippen LogP contribution in [0.4, 0.5) is 45.2 Å². The molecular weight excluding hydrogens is 309 g/mol. The summed E-state index contributed by atoms with van der Waals surface area (Å²) >= 11 is 0. The highest BCUT2D eigenvalue weighted by Gasteiger charge is 2.82. The van der Waals surface area contributed by atoms with Gasteiger partial charge in [-0.3, -0.25) is 5.10 Å². The number of nitrogens with one attached hydrogen (secondary N) is 1. The zero-order chi connectivity index (χ0) is 16.1. The van der Waals surface area contributed by atoms with Crippen molar-refractivity contribution in [2.45, 2.75) is 30.9 Å². The van der Waals surface area contributed by atoms with Crippen LogP contribution in [0.15, 0.2) is 0 Å². The lowest BCUT2D eigenvalue weighted by atomic mass is 10.00. The van der Waals surface area contributed by atoms with Gasteiger partial charge >= 0.3 is 23.9 Å². The second kappa shape index (κ2) is 4.19. The Morgan fingerprint density at radius 1 is 0.900 bits per heavy atom. The molecule has 0 fully saturated rings. The number of nitrogens with zero attached hydrogens (tertiary/aromatic N) is 1. The van der Waals surface area contributed by atoms with E-state index in [0.29, 0.717) is 0 Å². The molecule has 1 rings (SSSR count). The summed E-state index contributed by atoms with van der Waals surface area (Å²) in [5.41, 5.74) is 1.31. The summed E-state index contributed by atoms with van der Waals surface area (Å²) in [7, 11) is 0. The summed E-state index contributed by atoms with van der Waals surface area (Å²) in [6.07, 6.45) is -6.87. The molecule has 0 saturated heterocycles. The SMILES string of the molecule is Cc1[nH]nc(C(F)(F)C(F)(F)C(F)(F)C(F)(F)F)c1N. The van der Waals surface area contributed by atoms with Gasteiger partial charge in [0.05, 0.1) is 11.4 Å². The molecule has 0 bridgehead atoms. The van der Waals surface area contributed by atoms with E-state index >= 15 is 0 Å². The zero-order valence-electron chi connectivity index (χ0n) is 9.43. The lowest BCUT2D eigenvalue weighted by Crippen LogP contribution is -2.59. The van der Waals surface area contributed by atoms with E-state index in [0.717, 1.165) is 6.92 Å². The Balaban J connectivity index is 3.43. The molecule has 0 spiro atoms. The van der Waals surface area contributed by atoms with Crippen molar-refractivity contribution in [1.29, 1.82) is 0 Å². The van der Waals surface area contributed by atoms with Gasteiger partial charge in [0.25, 0.3) is 0 Å². The molecule has 1 heterocycles. The Bertz CT molecular complexity index is 502. The fourth-order valence-electron chi connectivity index (χ4n) is 1.20. The fraction of sp³-hybridized carbons (Fsp3) is 0.625. The van der Waals surface area contributed by atoms with Crippen LogP contribution in [0, 0.1) is 6.92 Å². The Hall–Kier alpha value is -1.62. The molecule has 0 amide bonds. The largest absolute Gasteiger partial charge is 0.460 e. The van der Waals surface area contributed by atoms with Gasteiger partial charge in [-0.2, -0.15) is 44.6 Å². The van der Waals surface area contributed by atoms with Gasteiger partial charge < -0.3 is 5.73 Å². The number of hydrogen-bond acceptors (Lipinski definition) is 2. The van der Waals surface area contributed by atoms with Crippen LogP contribution in [-0.4, -0.2) is 28.2 Å². The molecule has 116 valence electrons. The van der Waals surface area contributed by atoms with Crippen LogP contribution in [0.5, 0.6) is 0 Å². The van der Waals surface area contributed by atoms with Crippen molar-refractivity contribution in [3.63, 3.8) is 0 Å². The number of halogens is 9. The van der Waals surface area contributed by atoms with Crippen LogP contribution in [0.1, 0.15) is 11.4 Å². The average molecular weight is 315 g/mol. The molecule has 0 saturated carbocycles. The van der Waals surface area contributed by atoms with Crippen molar-refractivity contribution in [2.75, 3.05) is 5.73 Å². The number of rotatable bonds is 3. The summed E-state index contributed by atoms with van der Waals surface area (Å²) in [4.78, 5) is 0. The monoisotopic (exact) mass is 315 g/mol. The first-order valence-corrected chi connectivity index (χ1v) is 4.69. The van der Waals surface area contributed by atoms with E-state index in [-0.39, 0.29) is 5.69 Å². The average Bonchev–Trinajstić information content (AvgIpc) is 2.57. The number of aromatic amines is 1. The van der Waals surface area contributed by atoms with Gasteiger partial charge in [-0.1, -0.05) is 0 Å². The molecule has 1 aromatic rings. The smallest absolute Gasteiger partial charge is 0.396 e. The van der Waals surface area contributed by atoms with E-state index in [2.05, 4.69) is 5.10 Å².